The van der Waals surface area contributed by atoms with Gasteiger partial charge in [0, 0.05) is 0 Å². The van der Waals surface area contributed by atoms with Crippen molar-refractivity contribution in [3.63, 3.8) is 0 Å². The Hall–Kier alpha value is -1.59. The van der Waals surface area contributed by atoms with E-state index < -0.39 is 12.3 Å². The molecule has 1 unspecified atom stereocenters. The van der Waals surface area contributed by atoms with Crippen LogP contribution in [0.1, 0.15) is 10.4 Å². The highest BCUT2D eigenvalue weighted by Crippen LogP contribution is 2.16. The van der Waals surface area contributed by atoms with E-state index in [2.05, 4.69) is 4.74 Å². The lowest BCUT2D eigenvalue weighted by atomic mass is 10.2. The SMILES string of the molecule is NCC(O)OC(=O)c1ccccc1O. The monoisotopic (exact) mass is 197 g/mol. The van der Waals surface area contributed by atoms with Crippen LogP contribution in [0.5, 0.6) is 5.75 Å². The number of hydrogen-bond donors (Lipinski definition) is 3. The Bertz CT molecular complexity index is 326. The molecule has 4 N–H and O–H groups in total. The van der Waals surface area contributed by atoms with Gasteiger partial charge in [0.05, 0.1) is 6.54 Å². The number of ether oxygens (including phenoxy) is 1. The van der Waals surface area contributed by atoms with Gasteiger partial charge in [0.15, 0.2) is 0 Å². The number of para-hydroxylation sites is 1. The van der Waals surface area contributed by atoms with E-state index in [1.165, 1.54) is 12.1 Å². The molecule has 1 rings (SSSR count). The van der Waals surface area contributed by atoms with Crippen LogP contribution in [0.25, 0.3) is 0 Å². The summed E-state index contributed by atoms with van der Waals surface area (Å²) in [5, 5.41) is 18.2. The first-order valence-electron chi connectivity index (χ1n) is 4.02. The maximum atomic E-state index is 11.2. The highest BCUT2D eigenvalue weighted by atomic mass is 16.6. The molecule has 0 aliphatic heterocycles. The summed E-state index contributed by atoms with van der Waals surface area (Å²) in [6.07, 6.45) is -1.35. The van der Waals surface area contributed by atoms with Crippen molar-refractivity contribution in [1.29, 1.82) is 0 Å². The van der Waals surface area contributed by atoms with Crippen molar-refractivity contribution >= 4 is 5.97 Å². The molecule has 1 atom stereocenters. The van der Waals surface area contributed by atoms with Gasteiger partial charge in [-0.2, -0.15) is 0 Å². The summed E-state index contributed by atoms with van der Waals surface area (Å²) < 4.78 is 4.50. The number of carbonyl (C=O) groups is 1. The highest BCUT2D eigenvalue weighted by Gasteiger charge is 2.14. The third-order valence-corrected chi connectivity index (χ3v) is 1.57. The van der Waals surface area contributed by atoms with Crippen molar-refractivity contribution < 1.29 is 19.7 Å². The second-order valence-electron chi connectivity index (χ2n) is 2.61. The second-order valence-corrected chi connectivity index (χ2v) is 2.61. The summed E-state index contributed by atoms with van der Waals surface area (Å²) >= 11 is 0. The fourth-order valence-electron chi connectivity index (χ4n) is 0.881. The van der Waals surface area contributed by atoms with Gasteiger partial charge in [-0.1, -0.05) is 12.1 Å². The van der Waals surface area contributed by atoms with E-state index in [9.17, 15) is 9.90 Å². The zero-order valence-electron chi connectivity index (χ0n) is 7.38. The predicted octanol–water partition coefficient (Wildman–Crippen LogP) is -0.174. The Kier molecular flexibility index (Phi) is 3.44. The zero-order chi connectivity index (χ0) is 10.6. The molecular weight excluding hydrogens is 186 g/mol. The quantitative estimate of drug-likeness (QED) is 0.462. The molecule has 0 radical (unpaired) electrons. The van der Waals surface area contributed by atoms with Gasteiger partial charge in [0.25, 0.3) is 0 Å². The standard InChI is InChI=1S/C9H11NO4/c10-5-8(12)14-9(13)6-3-1-2-4-7(6)11/h1-4,8,11-12H,5,10H2. The molecule has 0 amide bonds. The molecule has 0 saturated carbocycles. The number of aliphatic hydroxyl groups excluding tert-OH is 1. The minimum absolute atomic E-state index is 0.000000000000000444. The number of aliphatic hydroxyl groups is 1. The fraction of sp³-hybridized carbons (Fsp3) is 0.222. The van der Waals surface area contributed by atoms with E-state index in [1.807, 2.05) is 0 Å². The van der Waals surface area contributed by atoms with Crippen molar-refractivity contribution in [3.8, 4) is 5.75 Å². The van der Waals surface area contributed by atoms with Crippen LogP contribution < -0.4 is 5.73 Å². The van der Waals surface area contributed by atoms with Gasteiger partial charge in [0.1, 0.15) is 11.3 Å². The van der Waals surface area contributed by atoms with Crippen molar-refractivity contribution in [2.24, 2.45) is 5.73 Å². The Morgan fingerprint density at radius 2 is 2.14 bits per heavy atom. The Balaban J connectivity index is 2.75. The van der Waals surface area contributed by atoms with Gasteiger partial charge in [-0.25, -0.2) is 4.79 Å². The lowest BCUT2D eigenvalue weighted by Crippen LogP contribution is -2.26. The minimum Gasteiger partial charge on any atom is -0.507 e. The normalized spacial score (nSPS) is 12.1. The molecule has 0 bridgehead atoms. The molecular formula is C9H11NO4. The fourth-order valence-corrected chi connectivity index (χ4v) is 0.881. The van der Waals surface area contributed by atoms with Crippen molar-refractivity contribution in [1.82, 2.24) is 0 Å². The lowest BCUT2D eigenvalue weighted by molar-refractivity contribution is -0.0581. The highest BCUT2D eigenvalue weighted by molar-refractivity contribution is 5.92. The topological polar surface area (TPSA) is 92.8 Å². The molecule has 5 heteroatoms. The Morgan fingerprint density at radius 3 is 2.71 bits per heavy atom. The number of nitrogens with two attached hydrogens (primary N) is 1. The van der Waals surface area contributed by atoms with E-state index in [0.29, 0.717) is 0 Å². The van der Waals surface area contributed by atoms with Crippen LogP contribution in [0.15, 0.2) is 24.3 Å². The van der Waals surface area contributed by atoms with E-state index in [-0.39, 0.29) is 17.9 Å². The van der Waals surface area contributed by atoms with Gasteiger partial charge in [-0.3, -0.25) is 0 Å². The predicted molar refractivity (Wildman–Crippen MR) is 48.6 cm³/mol. The van der Waals surface area contributed by atoms with Crippen molar-refractivity contribution in [2.45, 2.75) is 6.29 Å². The van der Waals surface area contributed by atoms with Gasteiger partial charge in [-0.15, -0.1) is 0 Å². The van der Waals surface area contributed by atoms with Crippen LogP contribution in [-0.2, 0) is 4.74 Å². The number of carbonyl (C=O) groups excluding carboxylic acids is 1. The van der Waals surface area contributed by atoms with Crippen LogP contribution in [0.3, 0.4) is 0 Å². The van der Waals surface area contributed by atoms with Gasteiger partial charge < -0.3 is 20.7 Å². The van der Waals surface area contributed by atoms with E-state index in [4.69, 9.17) is 10.8 Å². The first-order chi connectivity index (χ1) is 6.65. The summed E-state index contributed by atoms with van der Waals surface area (Å²) in [4.78, 5) is 11.2. The number of aromatic hydroxyl groups is 1. The summed E-state index contributed by atoms with van der Waals surface area (Å²) in [6.45, 7) is -0.181. The van der Waals surface area contributed by atoms with Crippen LogP contribution >= 0.6 is 0 Å². The molecule has 0 saturated heterocycles. The maximum Gasteiger partial charge on any atom is 0.344 e. The molecule has 0 spiro atoms. The zero-order valence-corrected chi connectivity index (χ0v) is 7.38. The molecule has 5 nitrogen and oxygen atoms in total. The number of rotatable bonds is 3. The smallest absolute Gasteiger partial charge is 0.344 e. The molecule has 1 aromatic rings. The molecule has 0 aromatic heterocycles. The van der Waals surface area contributed by atoms with Crippen molar-refractivity contribution in [3.05, 3.63) is 29.8 Å². The maximum absolute atomic E-state index is 11.2. The number of esters is 1. The molecule has 1 aromatic carbocycles. The van der Waals surface area contributed by atoms with Crippen LogP contribution in [-0.4, -0.2) is 29.0 Å². The van der Waals surface area contributed by atoms with Gasteiger partial charge in [-0.05, 0) is 12.1 Å². The first-order valence-corrected chi connectivity index (χ1v) is 4.02. The molecule has 0 heterocycles. The molecule has 0 aliphatic carbocycles. The van der Waals surface area contributed by atoms with Crippen molar-refractivity contribution in [2.75, 3.05) is 6.54 Å². The second kappa shape index (κ2) is 4.59. The summed E-state index contributed by atoms with van der Waals surface area (Å²) in [5.74, 6) is -0.997. The first kappa shape index (κ1) is 10.5. The molecule has 76 valence electrons. The Morgan fingerprint density at radius 1 is 1.50 bits per heavy atom. The lowest BCUT2D eigenvalue weighted by Gasteiger charge is -2.09. The number of phenols is 1. The van der Waals surface area contributed by atoms with E-state index >= 15 is 0 Å². The van der Waals surface area contributed by atoms with Gasteiger partial charge >= 0.3 is 5.97 Å². The summed E-state index contributed by atoms with van der Waals surface area (Å²) in [5.41, 5.74) is 5.05. The number of phenolic OH excluding ortho intramolecular Hbond substituents is 1. The number of hydrogen-bond acceptors (Lipinski definition) is 5. The Labute approximate surface area is 80.7 Å². The minimum atomic E-state index is -1.35. The summed E-state index contributed by atoms with van der Waals surface area (Å²) in [7, 11) is 0. The van der Waals surface area contributed by atoms with Gasteiger partial charge in [0.2, 0.25) is 6.29 Å². The van der Waals surface area contributed by atoms with Crippen LogP contribution in [0, 0.1) is 0 Å². The third kappa shape index (κ3) is 2.45. The third-order valence-electron chi connectivity index (χ3n) is 1.57. The average molecular weight is 197 g/mol. The molecule has 0 fully saturated rings. The van der Waals surface area contributed by atoms with E-state index in [0.717, 1.165) is 0 Å². The summed E-state index contributed by atoms with van der Waals surface area (Å²) in [6, 6.07) is 5.89. The largest absolute Gasteiger partial charge is 0.507 e. The van der Waals surface area contributed by atoms with E-state index in [1.54, 1.807) is 12.1 Å². The number of benzene rings is 1. The van der Waals surface area contributed by atoms with Crippen LogP contribution in [0.2, 0.25) is 0 Å². The average Bonchev–Trinajstić information content (AvgIpc) is 2.18. The molecule has 0 aliphatic rings. The van der Waals surface area contributed by atoms with Crippen LogP contribution in [0.4, 0.5) is 0 Å². The molecule has 14 heavy (non-hydrogen) atoms.